The number of nitrogens with zero attached hydrogens (tertiary/aromatic N) is 4. The average Bonchev–Trinajstić information content (AvgIpc) is 3.15. The number of rotatable bonds is 4. The van der Waals surface area contributed by atoms with Gasteiger partial charge >= 0.3 is 6.18 Å². The average molecular weight is 478 g/mol. The molecule has 4 aromatic heterocycles. The van der Waals surface area contributed by atoms with Gasteiger partial charge < -0.3 is 15.2 Å². The second kappa shape index (κ2) is 8.65. The van der Waals surface area contributed by atoms with Gasteiger partial charge in [0.1, 0.15) is 5.97 Å². The maximum Gasteiger partial charge on any atom is 0.430 e. The number of aryl methyl sites for hydroxylation is 1. The number of thiophene rings is 1. The van der Waals surface area contributed by atoms with Gasteiger partial charge in [-0.25, -0.2) is 9.50 Å². The Morgan fingerprint density at radius 3 is 2.61 bits per heavy atom. The molecule has 33 heavy (non-hydrogen) atoms. The van der Waals surface area contributed by atoms with Gasteiger partial charge in [-0.1, -0.05) is 0 Å². The molecule has 4 heterocycles. The largest absolute Gasteiger partial charge is 0.542 e. The molecule has 0 aromatic carbocycles. The van der Waals surface area contributed by atoms with E-state index in [0.717, 1.165) is 45.6 Å². The van der Waals surface area contributed by atoms with Gasteiger partial charge in [-0.05, 0) is 29.9 Å². The maximum absolute atomic E-state index is 12.2. The highest BCUT2D eigenvalue weighted by Gasteiger charge is 2.29. The number of aromatic amines is 1. The van der Waals surface area contributed by atoms with Crippen molar-refractivity contribution in [1.29, 1.82) is 0 Å². The lowest BCUT2D eigenvalue weighted by atomic mass is 10.1. The summed E-state index contributed by atoms with van der Waals surface area (Å²) in [6.45, 7) is 0. The van der Waals surface area contributed by atoms with Crippen molar-refractivity contribution in [2.75, 3.05) is 0 Å². The molecule has 1 aliphatic carbocycles. The molecule has 4 aromatic rings. The summed E-state index contributed by atoms with van der Waals surface area (Å²) in [6, 6.07) is 2.28. The summed E-state index contributed by atoms with van der Waals surface area (Å²) in [4.78, 5) is 26.3. The minimum atomic E-state index is -5.19. The zero-order chi connectivity index (χ0) is 23.8. The van der Waals surface area contributed by atoms with Crippen LogP contribution in [0, 0.1) is 0 Å². The normalized spacial score (nSPS) is 13.5. The first-order valence-corrected chi connectivity index (χ1v) is 10.6. The second-order valence-electron chi connectivity index (χ2n) is 7.37. The third-order valence-electron chi connectivity index (χ3n) is 4.72. The molecule has 172 valence electrons. The first-order valence-electron chi connectivity index (χ1n) is 9.67. The molecular formula is C20H17F3N6O3S. The van der Waals surface area contributed by atoms with Gasteiger partial charge in [-0.3, -0.25) is 4.79 Å². The number of carbonyl (C=O) groups excluding carboxylic acids is 2. The molecule has 0 unspecified atom stereocenters. The summed E-state index contributed by atoms with van der Waals surface area (Å²) in [6.07, 6.45) is 6.51. The van der Waals surface area contributed by atoms with E-state index in [4.69, 9.17) is 9.90 Å². The van der Waals surface area contributed by atoms with Crippen molar-refractivity contribution < 1.29 is 32.5 Å². The molecule has 1 saturated carbocycles. The zero-order valence-corrected chi connectivity index (χ0v) is 17.9. The van der Waals surface area contributed by atoms with E-state index in [1.165, 1.54) is 11.3 Å². The van der Waals surface area contributed by atoms with Crippen LogP contribution in [0.15, 0.2) is 42.4 Å². The number of hydrogen-bond donors (Lipinski definition) is 2. The molecule has 2 N–H and O–H groups in total. The SMILES string of the molecule is C[n+]1cc(-c2cnc3c(-c4csc(C(=O)NC5CC5)c4)cnn3c2)c[nH]1.O=C([O-])C(F)(F)F. The van der Waals surface area contributed by atoms with E-state index in [1.807, 2.05) is 48.0 Å². The van der Waals surface area contributed by atoms with E-state index in [1.54, 1.807) is 10.7 Å². The van der Waals surface area contributed by atoms with Crippen LogP contribution in [0.25, 0.3) is 27.9 Å². The summed E-state index contributed by atoms with van der Waals surface area (Å²) < 4.78 is 35.2. The lowest BCUT2D eigenvalue weighted by Gasteiger charge is -2.03. The van der Waals surface area contributed by atoms with Gasteiger partial charge in [0.25, 0.3) is 5.91 Å². The van der Waals surface area contributed by atoms with Crippen molar-refractivity contribution in [2.24, 2.45) is 7.05 Å². The van der Waals surface area contributed by atoms with Crippen LogP contribution in [0.4, 0.5) is 13.2 Å². The Bertz CT molecular complexity index is 1320. The summed E-state index contributed by atoms with van der Waals surface area (Å²) in [5.41, 5.74) is 4.71. The van der Waals surface area contributed by atoms with Crippen LogP contribution in [0.3, 0.4) is 0 Å². The van der Waals surface area contributed by atoms with Crippen LogP contribution in [-0.4, -0.2) is 43.8 Å². The van der Waals surface area contributed by atoms with E-state index >= 15 is 0 Å². The Kier molecular flexibility index (Phi) is 5.89. The van der Waals surface area contributed by atoms with Crippen LogP contribution in [0.1, 0.15) is 22.5 Å². The summed E-state index contributed by atoms with van der Waals surface area (Å²) >= 11 is 1.45. The maximum atomic E-state index is 12.2. The summed E-state index contributed by atoms with van der Waals surface area (Å²) in [5.74, 6) is -3.00. The van der Waals surface area contributed by atoms with Crippen LogP contribution in [0.5, 0.6) is 0 Å². The van der Waals surface area contributed by atoms with Gasteiger partial charge in [0.15, 0.2) is 12.7 Å². The summed E-state index contributed by atoms with van der Waals surface area (Å²) in [7, 11) is 1.94. The smallest absolute Gasteiger partial charge is 0.430 e. The number of aliphatic carboxylic acids is 1. The number of nitrogens with one attached hydrogen (secondary N) is 2. The molecule has 1 fully saturated rings. The van der Waals surface area contributed by atoms with Crippen LogP contribution >= 0.6 is 11.3 Å². The standard InChI is InChI=1S/C18H16N6OS.C2HF3O2/c1-23-8-13(6-20-23)12-5-19-17-15(7-21-24(17)9-12)11-4-16(26-10-11)18(25)22-14-2-3-14;3-2(4,5)1(6)7/h4-10,14H,2-3H2,1H3,(H,22,25);(H,6,7). The van der Waals surface area contributed by atoms with Crippen molar-refractivity contribution in [1.82, 2.24) is 25.0 Å². The fraction of sp³-hybridized carbons (Fsp3) is 0.250. The number of aromatic nitrogens is 5. The Labute approximate surface area is 188 Å². The molecule has 0 atom stereocenters. The molecule has 1 aliphatic rings. The summed E-state index contributed by atoms with van der Waals surface area (Å²) in [5, 5.41) is 21.3. The number of carbonyl (C=O) groups is 2. The van der Waals surface area contributed by atoms with Crippen LogP contribution in [-0.2, 0) is 11.8 Å². The zero-order valence-electron chi connectivity index (χ0n) is 17.1. The van der Waals surface area contributed by atoms with Gasteiger partial charge in [-0.15, -0.1) is 16.0 Å². The van der Waals surface area contributed by atoms with Gasteiger partial charge in [0.2, 0.25) is 6.20 Å². The number of carboxylic acids is 1. The first kappa shape index (κ1) is 22.5. The number of carboxylic acid groups (broad SMARTS) is 1. The number of hydrogen-bond acceptors (Lipinski definition) is 6. The number of halogens is 3. The highest BCUT2D eigenvalue weighted by Crippen LogP contribution is 2.30. The Balaban J connectivity index is 0.000000325. The van der Waals surface area contributed by atoms with Crippen LogP contribution < -0.4 is 15.1 Å². The number of H-pyrrole nitrogens is 1. The van der Waals surface area contributed by atoms with Gasteiger partial charge in [-0.2, -0.15) is 23.4 Å². The first-order chi connectivity index (χ1) is 15.6. The topological polar surface area (TPSA) is 119 Å². The predicted octanol–water partition coefficient (Wildman–Crippen LogP) is 1.47. The fourth-order valence-electron chi connectivity index (χ4n) is 2.92. The number of alkyl halides is 3. The molecule has 5 rings (SSSR count). The predicted molar refractivity (Wildman–Crippen MR) is 109 cm³/mol. The monoisotopic (exact) mass is 478 g/mol. The lowest BCUT2D eigenvalue weighted by molar-refractivity contribution is -0.726. The Morgan fingerprint density at radius 1 is 1.27 bits per heavy atom. The highest BCUT2D eigenvalue weighted by atomic mass is 32.1. The van der Waals surface area contributed by atoms with Crippen molar-refractivity contribution in [2.45, 2.75) is 25.1 Å². The minimum absolute atomic E-state index is 0.01000. The van der Waals surface area contributed by atoms with Crippen LogP contribution in [0.2, 0.25) is 0 Å². The number of fused-ring (bicyclic) bond motifs is 1. The molecule has 0 aliphatic heterocycles. The molecule has 9 nitrogen and oxygen atoms in total. The Morgan fingerprint density at radius 2 is 2.00 bits per heavy atom. The van der Waals surface area contributed by atoms with Gasteiger partial charge in [0, 0.05) is 29.6 Å². The molecule has 0 radical (unpaired) electrons. The second-order valence-corrected chi connectivity index (χ2v) is 8.28. The van der Waals surface area contributed by atoms with E-state index in [2.05, 4.69) is 20.5 Å². The van der Waals surface area contributed by atoms with Crippen molar-refractivity contribution >= 4 is 28.9 Å². The van der Waals surface area contributed by atoms with E-state index in [9.17, 15) is 18.0 Å². The van der Waals surface area contributed by atoms with Crippen molar-refractivity contribution in [3.63, 3.8) is 0 Å². The third-order valence-corrected chi connectivity index (χ3v) is 5.65. The number of amides is 1. The van der Waals surface area contributed by atoms with Crippen molar-refractivity contribution in [3.05, 3.63) is 47.3 Å². The van der Waals surface area contributed by atoms with E-state index < -0.39 is 12.1 Å². The van der Waals surface area contributed by atoms with Gasteiger partial charge in [0.05, 0.1) is 22.8 Å². The molecular weight excluding hydrogens is 461 g/mol. The molecule has 1 amide bonds. The fourth-order valence-corrected chi connectivity index (χ4v) is 3.73. The van der Waals surface area contributed by atoms with Crippen molar-refractivity contribution in [3.8, 4) is 22.3 Å². The third kappa shape index (κ3) is 5.19. The van der Waals surface area contributed by atoms with E-state index in [-0.39, 0.29) is 5.91 Å². The molecule has 0 saturated heterocycles. The molecule has 13 heteroatoms. The highest BCUT2D eigenvalue weighted by molar-refractivity contribution is 7.12. The lowest BCUT2D eigenvalue weighted by Crippen LogP contribution is -2.37. The van der Waals surface area contributed by atoms with E-state index in [0.29, 0.717) is 6.04 Å². The molecule has 0 bridgehead atoms. The minimum Gasteiger partial charge on any atom is -0.542 e. The Hall–Kier alpha value is -3.74. The quantitative estimate of drug-likeness (QED) is 0.431. The molecule has 0 spiro atoms.